The topological polar surface area (TPSA) is 128 Å². The van der Waals surface area contributed by atoms with Crippen LogP contribution >= 0.6 is 11.3 Å². The fourth-order valence-corrected chi connectivity index (χ4v) is 5.57. The van der Waals surface area contributed by atoms with E-state index in [9.17, 15) is 19.2 Å². The highest BCUT2D eigenvalue weighted by Gasteiger charge is 2.53. The molecule has 1 saturated heterocycles. The zero-order chi connectivity index (χ0) is 29.0. The number of rotatable bonds is 8. The molecule has 0 radical (unpaired) electrons. The van der Waals surface area contributed by atoms with Crippen molar-refractivity contribution in [1.29, 1.82) is 0 Å². The van der Waals surface area contributed by atoms with Crippen molar-refractivity contribution in [3.63, 3.8) is 0 Å². The fraction of sp³-hybridized carbons (Fsp3) is 0.379. The summed E-state index contributed by atoms with van der Waals surface area (Å²) in [6.07, 6.45) is -4.11. The van der Waals surface area contributed by atoms with E-state index in [0.29, 0.717) is 12.0 Å². The molecule has 0 amide bonds. The van der Waals surface area contributed by atoms with Crippen LogP contribution in [0, 0.1) is 6.92 Å². The molecule has 1 unspecified atom stereocenters. The van der Waals surface area contributed by atoms with Gasteiger partial charge in [0.05, 0.1) is 11.1 Å². The second kappa shape index (κ2) is 12.5. The minimum atomic E-state index is -1.43. The van der Waals surface area contributed by atoms with E-state index in [1.807, 2.05) is 43.3 Å². The minimum absolute atomic E-state index is 0.588. The smallest absolute Gasteiger partial charge is 0.305 e. The quantitative estimate of drug-likeness (QED) is 0.279. The summed E-state index contributed by atoms with van der Waals surface area (Å²) in [5.74, 6) is -2.03. The van der Waals surface area contributed by atoms with Crippen LogP contribution in [-0.4, -0.2) is 48.5 Å². The molecule has 0 aliphatic carbocycles. The number of ether oxygens (including phenoxy) is 5. The summed E-state index contributed by atoms with van der Waals surface area (Å²) < 4.78 is 33.4. The molecule has 1 fully saturated rings. The number of aryl methyl sites for hydroxylation is 1. The van der Waals surface area contributed by atoms with Crippen LogP contribution < -0.4 is 0 Å². The molecule has 1 aliphatic rings. The Morgan fingerprint density at radius 3 is 2.08 bits per heavy atom. The molecule has 3 aromatic rings. The van der Waals surface area contributed by atoms with Crippen molar-refractivity contribution in [2.45, 2.75) is 71.7 Å². The highest BCUT2D eigenvalue weighted by molar-refractivity contribution is 7.15. The van der Waals surface area contributed by atoms with E-state index in [1.54, 1.807) is 23.7 Å². The van der Waals surface area contributed by atoms with Gasteiger partial charge in [0.1, 0.15) is 11.9 Å². The normalized spacial score (nSPS) is 22.3. The summed E-state index contributed by atoms with van der Waals surface area (Å²) in [6, 6.07) is 13.4. The molecule has 1 aliphatic heterocycles. The van der Waals surface area contributed by atoms with Crippen LogP contribution in [0.5, 0.6) is 0 Å². The Labute approximate surface area is 235 Å². The number of furan rings is 1. The van der Waals surface area contributed by atoms with Crippen molar-refractivity contribution < 1.29 is 47.3 Å². The number of esters is 4. The van der Waals surface area contributed by atoms with Crippen LogP contribution in [0.2, 0.25) is 0 Å². The van der Waals surface area contributed by atoms with E-state index in [-0.39, 0.29) is 0 Å². The molecule has 0 spiro atoms. The van der Waals surface area contributed by atoms with E-state index in [2.05, 4.69) is 0 Å². The molecule has 40 heavy (non-hydrogen) atoms. The van der Waals surface area contributed by atoms with Crippen LogP contribution in [0.25, 0.3) is 10.6 Å². The minimum Gasteiger partial charge on any atom is -0.464 e. The van der Waals surface area contributed by atoms with E-state index in [1.165, 1.54) is 20.8 Å². The monoisotopic (exact) mass is 570 g/mol. The summed E-state index contributed by atoms with van der Waals surface area (Å²) >= 11 is 1.61. The Hall–Kier alpha value is -3.96. The lowest BCUT2D eigenvalue weighted by atomic mass is 9.90. The van der Waals surface area contributed by atoms with Crippen LogP contribution in [0.1, 0.15) is 55.4 Å². The molecule has 0 N–H and O–H groups in total. The van der Waals surface area contributed by atoms with E-state index < -0.39 is 54.6 Å². The largest absolute Gasteiger partial charge is 0.464 e. The van der Waals surface area contributed by atoms with Gasteiger partial charge in [-0.3, -0.25) is 19.2 Å². The lowest BCUT2D eigenvalue weighted by Gasteiger charge is -2.44. The Morgan fingerprint density at radius 1 is 0.800 bits per heavy atom. The summed E-state index contributed by atoms with van der Waals surface area (Å²) in [7, 11) is 0. The second-order valence-electron chi connectivity index (χ2n) is 9.36. The zero-order valence-corrected chi connectivity index (χ0v) is 23.5. The SMILES string of the molecule is CC(=O)O[C@H]1OC(c2ccc(C)c(Cc3ccc(-c4ccco4)s3)c2)[C@H](OC(C)=O)[C@@H](OC(C)=O)[C@@H]1OC(C)=O. The second-order valence-corrected chi connectivity index (χ2v) is 10.5. The maximum atomic E-state index is 12.2. The molecule has 0 saturated carbocycles. The molecule has 3 heterocycles. The van der Waals surface area contributed by atoms with Gasteiger partial charge in [-0.05, 0) is 47.9 Å². The van der Waals surface area contributed by atoms with Crippen LogP contribution in [0.15, 0.2) is 53.1 Å². The maximum absolute atomic E-state index is 12.2. The number of hydrogen-bond acceptors (Lipinski definition) is 11. The van der Waals surface area contributed by atoms with Gasteiger partial charge in [0.15, 0.2) is 12.2 Å². The van der Waals surface area contributed by atoms with E-state index in [4.69, 9.17) is 28.1 Å². The summed E-state index contributed by atoms with van der Waals surface area (Å²) in [6.45, 7) is 6.67. The summed E-state index contributed by atoms with van der Waals surface area (Å²) in [5.41, 5.74) is 2.58. The summed E-state index contributed by atoms with van der Waals surface area (Å²) in [5, 5.41) is 0. The van der Waals surface area contributed by atoms with Crippen molar-refractivity contribution in [1.82, 2.24) is 0 Å². The van der Waals surface area contributed by atoms with Crippen molar-refractivity contribution in [3.8, 4) is 10.6 Å². The zero-order valence-electron chi connectivity index (χ0n) is 22.7. The van der Waals surface area contributed by atoms with Gasteiger partial charge in [-0.1, -0.05) is 18.2 Å². The van der Waals surface area contributed by atoms with E-state index >= 15 is 0 Å². The number of hydrogen-bond donors (Lipinski definition) is 0. The van der Waals surface area contributed by atoms with Gasteiger partial charge < -0.3 is 28.1 Å². The third-order valence-corrected chi connectivity index (χ3v) is 7.28. The number of carbonyl (C=O) groups is 4. The summed E-state index contributed by atoms with van der Waals surface area (Å²) in [4.78, 5) is 50.2. The molecule has 10 nitrogen and oxygen atoms in total. The van der Waals surface area contributed by atoms with Crippen molar-refractivity contribution in [2.75, 3.05) is 0 Å². The Balaban J connectivity index is 1.72. The highest BCUT2D eigenvalue weighted by Crippen LogP contribution is 2.39. The van der Waals surface area contributed by atoms with Crippen LogP contribution in [-0.2, 0) is 49.3 Å². The van der Waals surface area contributed by atoms with Gasteiger partial charge in [0.25, 0.3) is 0 Å². The van der Waals surface area contributed by atoms with Crippen LogP contribution in [0.3, 0.4) is 0 Å². The van der Waals surface area contributed by atoms with E-state index in [0.717, 1.165) is 33.6 Å². The molecule has 11 heteroatoms. The predicted octanol–water partition coefficient (Wildman–Crippen LogP) is 4.66. The average Bonchev–Trinajstić information content (AvgIpc) is 3.55. The number of thiophene rings is 1. The molecule has 0 bridgehead atoms. The van der Waals surface area contributed by atoms with Gasteiger partial charge in [-0.15, -0.1) is 11.3 Å². The average molecular weight is 571 g/mol. The lowest BCUT2D eigenvalue weighted by molar-refractivity contribution is -0.298. The molecule has 2 aromatic heterocycles. The van der Waals surface area contributed by atoms with Crippen LogP contribution in [0.4, 0.5) is 0 Å². The molecule has 1 aromatic carbocycles. The first-order valence-electron chi connectivity index (χ1n) is 12.6. The maximum Gasteiger partial charge on any atom is 0.305 e. The first kappa shape index (κ1) is 29.0. The highest BCUT2D eigenvalue weighted by atomic mass is 32.1. The molecule has 5 atom stereocenters. The van der Waals surface area contributed by atoms with Crippen molar-refractivity contribution in [3.05, 3.63) is 70.3 Å². The van der Waals surface area contributed by atoms with Gasteiger partial charge in [-0.25, -0.2) is 0 Å². The molecule has 4 rings (SSSR count). The number of carbonyl (C=O) groups excluding carboxylic acids is 4. The third kappa shape index (κ3) is 6.97. The first-order valence-corrected chi connectivity index (χ1v) is 13.4. The Bertz CT molecular complexity index is 1380. The first-order chi connectivity index (χ1) is 19.0. The van der Waals surface area contributed by atoms with Gasteiger partial charge in [0.2, 0.25) is 12.4 Å². The lowest BCUT2D eigenvalue weighted by Crippen LogP contribution is -2.59. The molecular weight excluding hydrogens is 540 g/mol. The van der Waals surface area contributed by atoms with Gasteiger partial charge in [-0.2, -0.15) is 0 Å². The fourth-order valence-electron chi connectivity index (χ4n) is 4.57. The Morgan fingerprint density at radius 2 is 1.45 bits per heavy atom. The number of benzene rings is 1. The standard InChI is InChI=1S/C29H30O10S/c1-15-8-9-20(13-21(15)14-22-10-11-24(40-22)23-7-6-12-34-23)25-26(35-16(2)30)27(36-17(3)31)28(37-18(4)32)29(39-25)38-19(5)33/h6-13,25-29H,14H2,1-5H3/t25?,26-,27+,28-,29-/m0/s1. The Kier molecular flexibility index (Phi) is 9.06. The molecular formula is C29H30O10S. The third-order valence-electron chi connectivity index (χ3n) is 6.18. The van der Waals surface area contributed by atoms with Crippen molar-refractivity contribution >= 4 is 35.2 Å². The molecule has 212 valence electrons. The van der Waals surface area contributed by atoms with Gasteiger partial charge in [0, 0.05) is 39.0 Å². The van der Waals surface area contributed by atoms with Gasteiger partial charge >= 0.3 is 23.9 Å². The predicted molar refractivity (Wildman–Crippen MR) is 142 cm³/mol. The van der Waals surface area contributed by atoms with Crippen molar-refractivity contribution in [2.24, 2.45) is 0 Å².